The number of aliphatic imine (C=N–C) groups is 1. The highest BCUT2D eigenvalue weighted by molar-refractivity contribution is 5.94. The molecule has 0 aliphatic carbocycles. The fourth-order valence-corrected chi connectivity index (χ4v) is 4.13. The number of aromatic amines is 1. The minimum absolute atomic E-state index is 0.0221. The Bertz CT molecular complexity index is 1200. The molecule has 16 nitrogen and oxygen atoms in total. The van der Waals surface area contributed by atoms with Gasteiger partial charge in [-0.3, -0.25) is 19.4 Å². The van der Waals surface area contributed by atoms with E-state index >= 15 is 0 Å². The third kappa shape index (κ3) is 12.8. The summed E-state index contributed by atoms with van der Waals surface area (Å²) in [6.45, 7) is 0.627. The molecule has 0 saturated carbocycles. The van der Waals surface area contributed by atoms with Gasteiger partial charge in [0.15, 0.2) is 5.96 Å². The van der Waals surface area contributed by atoms with Gasteiger partial charge in [-0.2, -0.15) is 0 Å². The van der Waals surface area contributed by atoms with E-state index in [4.69, 9.17) is 22.9 Å². The number of unbranched alkanes of at least 4 members (excludes halogenated alkanes) is 1. The average Bonchev–Trinajstić information content (AvgIpc) is 3.47. The smallest absolute Gasteiger partial charge is 0.326 e. The lowest BCUT2D eigenvalue weighted by atomic mass is 10.0. The zero-order valence-corrected chi connectivity index (χ0v) is 23.9. The molecule has 43 heavy (non-hydrogen) atoms. The summed E-state index contributed by atoms with van der Waals surface area (Å²) < 4.78 is 0. The Labute approximate surface area is 249 Å². The summed E-state index contributed by atoms with van der Waals surface area (Å²) in [6.07, 6.45) is 4.83. The van der Waals surface area contributed by atoms with Crippen LogP contribution in [0.4, 0.5) is 0 Å². The largest absolute Gasteiger partial charge is 0.508 e. The van der Waals surface area contributed by atoms with E-state index in [0.717, 1.165) is 0 Å². The van der Waals surface area contributed by atoms with Crippen LogP contribution >= 0.6 is 0 Å². The van der Waals surface area contributed by atoms with E-state index in [-0.39, 0.29) is 43.9 Å². The molecule has 0 bridgehead atoms. The summed E-state index contributed by atoms with van der Waals surface area (Å²) >= 11 is 0. The van der Waals surface area contributed by atoms with Crippen molar-refractivity contribution < 1.29 is 29.4 Å². The number of carbonyl (C=O) groups is 4. The molecule has 4 unspecified atom stereocenters. The van der Waals surface area contributed by atoms with Crippen molar-refractivity contribution in [3.8, 4) is 5.75 Å². The number of hydrogen-bond acceptors (Lipinski definition) is 9. The number of imidazole rings is 1. The maximum Gasteiger partial charge on any atom is 0.326 e. The maximum atomic E-state index is 13.6. The van der Waals surface area contributed by atoms with Crippen molar-refractivity contribution in [1.82, 2.24) is 25.9 Å². The fourth-order valence-electron chi connectivity index (χ4n) is 4.13. The lowest BCUT2D eigenvalue weighted by molar-refractivity contribution is -0.142. The maximum absolute atomic E-state index is 13.6. The number of amides is 3. The number of carbonyl (C=O) groups excluding carboxylic acids is 3. The third-order valence-corrected chi connectivity index (χ3v) is 6.49. The van der Waals surface area contributed by atoms with Crippen molar-refractivity contribution >= 4 is 29.7 Å². The minimum atomic E-state index is -1.28. The van der Waals surface area contributed by atoms with Gasteiger partial charge in [0.1, 0.15) is 23.9 Å². The van der Waals surface area contributed by atoms with Crippen molar-refractivity contribution in [3.05, 3.63) is 48.0 Å². The predicted molar refractivity (Wildman–Crippen MR) is 158 cm³/mol. The van der Waals surface area contributed by atoms with Gasteiger partial charge in [0.05, 0.1) is 12.4 Å². The van der Waals surface area contributed by atoms with E-state index in [1.54, 1.807) is 12.1 Å². The Balaban J connectivity index is 2.23. The lowest BCUT2D eigenvalue weighted by Crippen LogP contribution is -2.58. The predicted octanol–water partition coefficient (Wildman–Crippen LogP) is -2.05. The van der Waals surface area contributed by atoms with E-state index in [2.05, 4.69) is 30.9 Å². The number of carboxylic acids is 1. The van der Waals surface area contributed by atoms with Gasteiger partial charge < -0.3 is 54.1 Å². The third-order valence-electron chi connectivity index (χ3n) is 6.49. The van der Waals surface area contributed by atoms with Gasteiger partial charge in [0.25, 0.3) is 0 Å². The molecule has 2 aromatic rings. The second-order valence-corrected chi connectivity index (χ2v) is 10.0. The van der Waals surface area contributed by atoms with Crippen molar-refractivity contribution in [2.75, 3.05) is 13.1 Å². The zero-order chi connectivity index (χ0) is 31.8. The molecule has 236 valence electrons. The highest BCUT2D eigenvalue weighted by atomic mass is 16.4. The Morgan fingerprint density at radius 1 is 0.884 bits per heavy atom. The zero-order valence-electron chi connectivity index (χ0n) is 23.9. The molecule has 0 aliphatic rings. The van der Waals surface area contributed by atoms with E-state index < -0.39 is 47.9 Å². The Morgan fingerprint density at radius 3 is 2.09 bits per heavy atom. The molecule has 0 fully saturated rings. The standard InChI is InChI=1S/C27H42N10O6/c28-10-2-1-4-19(29)23(39)36-21(12-16-6-8-18(38)9-7-16)24(40)37-22(13-17-14-32-15-34-17)25(41)35-20(26(42)43)5-3-11-33-27(30)31/h6-9,14-15,19-22,38H,1-5,10-13,28-29H2,(H,32,34)(H,35,41)(H,36,39)(H,37,40)(H,42,43)(H4,30,31,33). The summed E-state index contributed by atoms with van der Waals surface area (Å²) in [7, 11) is 0. The number of aromatic nitrogens is 2. The number of benzene rings is 1. The van der Waals surface area contributed by atoms with E-state index in [9.17, 15) is 29.4 Å². The first-order valence-corrected chi connectivity index (χ1v) is 13.9. The molecule has 14 N–H and O–H groups in total. The number of carboxylic acid groups (broad SMARTS) is 1. The molecule has 3 amide bonds. The van der Waals surface area contributed by atoms with Crippen LogP contribution in [0.25, 0.3) is 0 Å². The number of hydrogen-bond donors (Lipinski definition) is 10. The van der Waals surface area contributed by atoms with Gasteiger partial charge in [-0.25, -0.2) is 9.78 Å². The number of nitrogens with one attached hydrogen (secondary N) is 4. The molecular formula is C27H42N10O6. The van der Waals surface area contributed by atoms with Crippen LogP contribution in [0.3, 0.4) is 0 Å². The summed E-state index contributed by atoms with van der Waals surface area (Å²) in [5.74, 6) is -3.40. The first-order chi connectivity index (χ1) is 20.5. The Morgan fingerprint density at radius 2 is 1.51 bits per heavy atom. The minimum Gasteiger partial charge on any atom is -0.508 e. The van der Waals surface area contributed by atoms with Crippen molar-refractivity contribution in [3.63, 3.8) is 0 Å². The highest BCUT2D eigenvalue weighted by Gasteiger charge is 2.31. The molecule has 2 rings (SSSR count). The van der Waals surface area contributed by atoms with Crippen LogP contribution in [-0.2, 0) is 32.0 Å². The Hall–Kier alpha value is -4.70. The number of phenolic OH excluding ortho intramolecular Hbond substituents is 1. The van der Waals surface area contributed by atoms with Crippen molar-refractivity contribution in [1.29, 1.82) is 0 Å². The van der Waals surface area contributed by atoms with Crippen molar-refractivity contribution in [2.24, 2.45) is 27.9 Å². The molecule has 16 heteroatoms. The number of H-pyrrole nitrogens is 1. The van der Waals surface area contributed by atoms with Gasteiger partial charge in [0.2, 0.25) is 17.7 Å². The molecular weight excluding hydrogens is 560 g/mol. The molecule has 0 saturated heterocycles. The number of rotatable bonds is 19. The van der Waals surface area contributed by atoms with Gasteiger partial charge in [-0.1, -0.05) is 18.6 Å². The van der Waals surface area contributed by atoms with Gasteiger partial charge in [0, 0.05) is 31.3 Å². The second-order valence-electron chi connectivity index (χ2n) is 10.0. The van der Waals surface area contributed by atoms with Gasteiger partial charge >= 0.3 is 5.97 Å². The molecule has 4 atom stereocenters. The van der Waals surface area contributed by atoms with Crippen LogP contribution in [0.1, 0.15) is 43.4 Å². The number of phenols is 1. The molecule has 1 heterocycles. The number of nitrogens with zero attached hydrogens (tertiary/aromatic N) is 2. The van der Waals surface area contributed by atoms with Crippen LogP contribution < -0.4 is 38.9 Å². The van der Waals surface area contributed by atoms with E-state index in [1.165, 1.54) is 24.7 Å². The SMILES string of the molecule is NCCCCC(N)C(=O)NC(Cc1ccc(O)cc1)C(=O)NC(Cc1cnc[nH]1)C(=O)NC(CCCN=C(N)N)C(=O)O. The molecule has 0 aliphatic heterocycles. The number of nitrogens with two attached hydrogens (primary N) is 4. The Kier molecular flexibility index (Phi) is 14.4. The van der Waals surface area contributed by atoms with E-state index in [1.807, 2.05) is 0 Å². The molecule has 0 spiro atoms. The van der Waals surface area contributed by atoms with Crippen LogP contribution in [-0.4, -0.2) is 87.1 Å². The monoisotopic (exact) mass is 602 g/mol. The van der Waals surface area contributed by atoms with E-state index in [0.29, 0.717) is 37.1 Å². The van der Waals surface area contributed by atoms with Gasteiger partial charge in [-0.05, 0) is 49.9 Å². The second kappa shape index (κ2) is 18.0. The highest BCUT2D eigenvalue weighted by Crippen LogP contribution is 2.12. The quantitative estimate of drug-likeness (QED) is 0.0474. The van der Waals surface area contributed by atoms with Crippen LogP contribution in [0, 0.1) is 0 Å². The van der Waals surface area contributed by atoms with Crippen LogP contribution in [0.2, 0.25) is 0 Å². The van der Waals surface area contributed by atoms with Crippen LogP contribution in [0.5, 0.6) is 5.75 Å². The summed E-state index contributed by atoms with van der Waals surface area (Å²) in [5.41, 5.74) is 23.3. The van der Waals surface area contributed by atoms with Crippen molar-refractivity contribution in [2.45, 2.75) is 69.1 Å². The average molecular weight is 603 g/mol. The molecule has 1 aromatic heterocycles. The topological polar surface area (TPSA) is 290 Å². The van der Waals surface area contributed by atoms with Crippen LogP contribution in [0.15, 0.2) is 41.8 Å². The first-order valence-electron chi connectivity index (χ1n) is 13.9. The number of guanidine groups is 1. The summed E-state index contributed by atoms with van der Waals surface area (Å²) in [5, 5.41) is 27.1. The lowest BCUT2D eigenvalue weighted by Gasteiger charge is -2.25. The number of aromatic hydroxyl groups is 1. The van der Waals surface area contributed by atoms with Gasteiger partial charge in [-0.15, -0.1) is 0 Å². The molecule has 1 aromatic carbocycles. The fraction of sp³-hybridized carbons (Fsp3) is 0.481. The summed E-state index contributed by atoms with van der Waals surface area (Å²) in [4.78, 5) is 62.2. The normalized spacial score (nSPS) is 13.6. The molecule has 0 radical (unpaired) electrons. The summed E-state index contributed by atoms with van der Waals surface area (Å²) in [6, 6.07) is 1.53. The number of aliphatic carboxylic acids is 1. The first kappa shape index (κ1) is 34.5.